The van der Waals surface area contributed by atoms with Crippen molar-refractivity contribution in [3.05, 3.63) is 34.5 Å². The second-order valence-electron chi connectivity index (χ2n) is 6.04. The van der Waals surface area contributed by atoms with Crippen LogP contribution in [0.2, 0.25) is 0 Å². The third-order valence-corrected chi connectivity index (χ3v) is 4.66. The highest BCUT2D eigenvalue weighted by molar-refractivity contribution is 5.94. The van der Waals surface area contributed by atoms with Gasteiger partial charge in [-0.15, -0.1) is 0 Å². The van der Waals surface area contributed by atoms with Crippen molar-refractivity contribution < 1.29 is 9.90 Å². The van der Waals surface area contributed by atoms with Crippen LogP contribution in [0.1, 0.15) is 60.9 Å². The van der Waals surface area contributed by atoms with Crippen LogP contribution in [0.3, 0.4) is 0 Å². The summed E-state index contributed by atoms with van der Waals surface area (Å²) in [6, 6.07) is 6.16. The average Bonchev–Trinajstić information content (AvgIpc) is 2.92. The molecular formula is C18H20N2O2. The normalized spacial score (nSPS) is 17.2. The number of unbranched alkanes of at least 4 members (excludes halogenated alkanes) is 1. The van der Waals surface area contributed by atoms with Gasteiger partial charge in [-0.25, -0.2) is 0 Å². The second kappa shape index (κ2) is 5.84. The van der Waals surface area contributed by atoms with E-state index >= 15 is 0 Å². The molecule has 0 amide bonds. The van der Waals surface area contributed by atoms with E-state index in [1.165, 1.54) is 5.56 Å². The molecule has 1 heterocycles. The van der Waals surface area contributed by atoms with Crippen molar-refractivity contribution in [1.82, 2.24) is 4.98 Å². The number of nitrogens with one attached hydrogen (secondary N) is 1. The van der Waals surface area contributed by atoms with Gasteiger partial charge in [0.05, 0.1) is 23.1 Å². The molecule has 2 N–H and O–H groups in total. The molecule has 1 aromatic carbocycles. The molecule has 0 fully saturated rings. The number of aliphatic carboxylic acids is 1. The van der Waals surface area contributed by atoms with Crippen LogP contribution in [0.4, 0.5) is 0 Å². The van der Waals surface area contributed by atoms with Crippen LogP contribution in [0, 0.1) is 11.3 Å². The molecule has 4 nitrogen and oxygen atoms in total. The number of nitrogens with zero attached hydrogens (tertiary/aromatic N) is 1. The van der Waals surface area contributed by atoms with Crippen LogP contribution in [0.5, 0.6) is 0 Å². The SMILES string of the molecule is CCCCc1ccc(C#N)c2c3c([nH]c12)C(C(=O)O)CCC3. The van der Waals surface area contributed by atoms with E-state index in [1.807, 2.05) is 12.1 Å². The quantitative estimate of drug-likeness (QED) is 0.898. The van der Waals surface area contributed by atoms with Gasteiger partial charge in [-0.1, -0.05) is 19.4 Å². The lowest BCUT2D eigenvalue weighted by Crippen LogP contribution is -2.17. The van der Waals surface area contributed by atoms with Crippen molar-refractivity contribution in [3.63, 3.8) is 0 Å². The Labute approximate surface area is 129 Å². The minimum absolute atomic E-state index is 0.471. The summed E-state index contributed by atoms with van der Waals surface area (Å²) in [4.78, 5) is 14.9. The molecule has 0 saturated heterocycles. The zero-order chi connectivity index (χ0) is 15.7. The van der Waals surface area contributed by atoms with Gasteiger partial charge in [0.25, 0.3) is 0 Å². The smallest absolute Gasteiger partial charge is 0.312 e. The van der Waals surface area contributed by atoms with E-state index in [0.29, 0.717) is 12.0 Å². The van der Waals surface area contributed by atoms with Crippen LogP contribution < -0.4 is 0 Å². The molecule has 0 spiro atoms. The minimum atomic E-state index is -0.777. The molecule has 0 saturated carbocycles. The highest BCUT2D eigenvalue weighted by atomic mass is 16.4. The van der Waals surface area contributed by atoms with Crippen molar-refractivity contribution in [2.45, 2.75) is 51.4 Å². The maximum Gasteiger partial charge on any atom is 0.312 e. The molecule has 1 atom stereocenters. The summed E-state index contributed by atoms with van der Waals surface area (Å²) in [6.07, 6.45) is 5.54. The number of hydrogen-bond acceptors (Lipinski definition) is 2. The highest BCUT2D eigenvalue weighted by Crippen LogP contribution is 2.38. The summed E-state index contributed by atoms with van der Waals surface area (Å²) in [5.41, 5.74) is 4.68. The Kier molecular flexibility index (Phi) is 3.89. The molecule has 1 aliphatic rings. The Bertz CT molecular complexity index is 767. The van der Waals surface area contributed by atoms with E-state index in [9.17, 15) is 15.2 Å². The van der Waals surface area contributed by atoms with Crippen LogP contribution in [0.15, 0.2) is 12.1 Å². The van der Waals surface area contributed by atoms with Crippen molar-refractivity contribution in [1.29, 1.82) is 5.26 Å². The molecule has 1 aliphatic carbocycles. The Hall–Kier alpha value is -2.28. The van der Waals surface area contributed by atoms with E-state index < -0.39 is 11.9 Å². The van der Waals surface area contributed by atoms with Crippen LogP contribution in [-0.2, 0) is 17.6 Å². The number of carboxylic acid groups (broad SMARTS) is 1. The monoisotopic (exact) mass is 296 g/mol. The lowest BCUT2D eigenvalue weighted by atomic mass is 9.86. The van der Waals surface area contributed by atoms with Crippen LogP contribution in [-0.4, -0.2) is 16.1 Å². The van der Waals surface area contributed by atoms with Crippen LogP contribution in [0.25, 0.3) is 10.9 Å². The second-order valence-corrected chi connectivity index (χ2v) is 6.04. The molecule has 4 heteroatoms. The molecule has 1 unspecified atom stereocenters. The first kappa shape index (κ1) is 14.6. The molecular weight excluding hydrogens is 276 g/mol. The molecule has 1 aromatic heterocycles. The fraction of sp³-hybridized carbons (Fsp3) is 0.444. The first-order valence-electron chi connectivity index (χ1n) is 7.96. The number of fused-ring (bicyclic) bond motifs is 3. The Morgan fingerprint density at radius 1 is 1.50 bits per heavy atom. The summed E-state index contributed by atoms with van der Waals surface area (Å²) in [5, 5.41) is 19.8. The summed E-state index contributed by atoms with van der Waals surface area (Å²) in [7, 11) is 0. The van der Waals surface area contributed by atoms with Gasteiger partial charge in [-0.05, 0) is 49.3 Å². The standard InChI is InChI=1S/C18H20N2O2/c1-2-3-5-11-8-9-12(10-19)15-13-6-4-7-14(18(21)22)17(13)20-16(11)15/h8-9,14,20H,2-7H2,1H3,(H,21,22). The zero-order valence-electron chi connectivity index (χ0n) is 12.8. The Balaban J connectivity index is 2.24. The number of rotatable bonds is 4. The molecule has 22 heavy (non-hydrogen) atoms. The average molecular weight is 296 g/mol. The maximum absolute atomic E-state index is 11.5. The van der Waals surface area contributed by atoms with Gasteiger partial charge in [0.1, 0.15) is 0 Å². The summed E-state index contributed by atoms with van der Waals surface area (Å²) < 4.78 is 0. The number of aromatic nitrogens is 1. The molecule has 114 valence electrons. The van der Waals surface area contributed by atoms with E-state index in [2.05, 4.69) is 18.0 Å². The number of carbonyl (C=O) groups is 1. The molecule has 2 aromatic rings. The summed E-state index contributed by atoms with van der Waals surface area (Å²) in [5.74, 6) is -1.25. The van der Waals surface area contributed by atoms with Crippen LogP contribution >= 0.6 is 0 Å². The van der Waals surface area contributed by atoms with Gasteiger partial charge in [0.15, 0.2) is 0 Å². The predicted octanol–water partition coefficient (Wildman–Crippen LogP) is 3.89. The van der Waals surface area contributed by atoms with Gasteiger partial charge in [-0.2, -0.15) is 5.26 Å². The molecule has 3 rings (SSSR count). The van der Waals surface area contributed by atoms with Gasteiger partial charge in [0.2, 0.25) is 0 Å². The maximum atomic E-state index is 11.5. The van der Waals surface area contributed by atoms with Crippen molar-refractivity contribution in [3.8, 4) is 6.07 Å². The first-order valence-corrected chi connectivity index (χ1v) is 7.96. The van der Waals surface area contributed by atoms with E-state index in [0.717, 1.165) is 54.3 Å². The number of benzene rings is 1. The van der Waals surface area contributed by atoms with Gasteiger partial charge in [0, 0.05) is 11.1 Å². The number of nitriles is 1. The lowest BCUT2D eigenvalue weighted by Gasteiger charge is -2.18. The number of hydrogen-bond donors (Lipinski definition) is 2. The number of carboxylic acids is 1. The van der Waals surface area contributed by atoms with Crippen molar-refractivity contribution in [2.24, 2.45) is 0 Å². The molecule has 0 radical (unpaired) electrons. The topological polar surface area (TPSA) is 76.9 Å². The number of aryl methyl sites for hydroxylation is 2. The minimum Gasteiger partial charge on any atom is -0.481 e. The third kappa shape index (κ3) is 2.27. The zero-order valence-corrected chi connectivity index (χ0v) is 12.8. The third-order valence-electron chi connectivity index (χ3n) is 4.66. The van der Waals surface area contributed by atoms with E-state index in [1.54, 1.807) is 0 Å². The molecule has 0 aliphatic heterocycles. The van der Waals surface area contributed by atoms with Gasteiger partial charge < -0.3 is 10.1 Å². The fourth-order valence-electron chi connectivity index (χ4n) is 3.55. The predicted molar refractivity (Wildman–Crippen MR) is 84.9 cm³/mol. The lowest BCUT2D eigenvalue weighted by molar-refractivity contribution is -0.139. The van der Waals surface area contributed by atoms with Gasteiger partial charge >= 0.3 is 5.97 Å². The van der Waals surface area contributed by atoms with E-state index in [4.69, 9.17) is 0 Å². The number of aromatic amines is 1. The summed E-state index contributed by atoms with van der Waals surface area (Å²) in [6.45, 7) is 2.15. The van der Waals surface area contributed by atoms with Crippen molar-refractivity contribution in [2.75, 3.05) is 0 Å². The number of H-pyrrole nitrogens is 1. The van der Waals surface area contributed by atoms with Crippen molar-refractivity contribution >= 4 is 16.9 Å². The fourth-order valence-corrected chi connectivity index (χ4v) is 3.55. The summed E-state index contributed by atoms with van der Waals surface area (Å²) >= 11 is 0. The van der Waals surface area contributed by atoms with Gasteiger partial charge in [-0.3, -0.25) is 4.79 Å². The largest absolute Gasteiger partial charge is 0.481 e. The highest BCUT2D eigenvalue weighted by Gasteiger charge is 2.30. The van der Waals surface area contributed by atoms with E-state index in [-0.39, 0.29) is 0 Å². The first-order chi connectivity index (χ1) is 10.7. The Morgan fingerprint density at radius 3 is 3.00 bits per heavy atom. The Morgan fingerprint density at radius 2 is 2.32 bits per heavy atom. The molecule has 0 bridgehead atoms.